The molecule has 0 unspecified atom stereocenters. The molecule has 0 radical (unpaired) electrons. The van der Waals surface area contributed by atoms with Gasteiger partial charge in [0.2, 0.25) is 5.91 Å². The summed E-state index contributed by atoms with van der Waals surface area (Å²) in [6, 6.07) is 1.38. The molecule has 6 heteroatoms. The smallest absolute Gasteiger partial charge is 0.257 e. The fourth-order valence-electron chi connectivity index (χ4n) is 2.15. The summed E-state index contributed by atoms with van der Waals surface area (Å²) < 4.78 is 13.5. The lowest BCUT2D eigenvalue weighted by molar-refractivity contribution is -0.128. The average Bonchev–Trinajstić information content (AvgIpc) is 2.64. The van der Waals surface area contributed by atoms with Crippen LogP contribution >= 0.6 is 0 Å². The van der Waals surface area contributed by atoms with Crippen molar-refractivity contribution >= 4 is 11.8 Å². The van der Waals surface area contributed by atoms with Gasteiger partial charge in [-0.2, -0.15) is 0 Å². The van der Waals surface area contributed by atoms with Crippen LogP contribution in [-0.4, -0.2) is 52.8 Å². The zero-order chi connectivity index (χ0) is 13.8. The van der Waals surface area contributed by atoms with E-state index in [1.807, 2.05) is 0 Å². The number of carbonyl (C=O) groups is 2. The molecule has 2 amide bonds. The van der Waals surface area contributed by atoms with Crippen LogP contribution in [0.1, 0.15) is 23.7 Å². The van der Waals surface area contributed by atoms with Crippen molar-refractivity contribution in [2.75, 3.05) is 26.2 Å². The zero-order valence-electron chi connectivity index (χ0n) is 10.8. The highest BCUT2D eigenvalue weighted by atomic mass is 19.1. The van der Waals surface area contributed by atoms with Crippen molar-refractivity contribution in [3.05, 3.63) is 29.8 Å². The summed E-state index contributed by atoms with van der Waals surface area (Å²) in [6.45, 7) is 3.61. The van der Waals surface area contributed by atoms with E-state index in [4.69, 9.17) is 0 Å². The van der Waals surface area contributed by atoms with Gasteiger partial charge in [0.05, 0.1) is 11.8 Å². The zero-order valence-corrected chi connectivity index (χ0v) is 10.8. The Morgan fingerprint density at radius 2 is 1.89 bits per heavy atom. The Labute approximate surface area is 111 Å². The Bertz CT molecular complexity index is 493. The largest absolute Gasteiger partial charge is 0.341 e. The molecule has 1 aliphatic heterocycles. The SMILES string of the molecule is CC(=O)N1CCCN(C(=O)c2ccncc2F)CC1. The summed E-state index contributed by atoms with van der Waals surface area (Å²) in [5.74, 6) is -0.949. The molecule has 0 saturated carbocycles. The molecule has 2 rings (SSSR count). The lowest BCUT2D eigenvalue weighted by Gasteiger charge is -2.21. The third kappa shape index (κ3) is 3.07. The first kappa shape index (κ1) is 13.5. The van der Waals surface area contributed by atoms with Gasteiger partial charge < -0.3 is 9.80 Å². The molecule has 102 valence electrons. The minimum absolute atomic E-state index is 0.00407. The highest BCUT2D eigenvalue weighted by molar-refractivity contribution is 5.94. The van der Waals surface area contributed by atoms with Gasteiger partial charge in [-0.05, 0) is 12.5 Å². The van der Waals surface area contributed by atoms with Gasteiger partial charge in [0, 0.05) is 39.3 Å². The fourth-order valence-corrected chi connectivity index (χ4v) is 2.15. The van der Waals surface area contributed by atoms with E-state index in [0.29, 0.717) is 32.6 Å². The monoisotopic (exact) mass is 265 g/mol. The summed E-state index contributed by atoms with van der Waals surface area (Å²) in [7, 11) is 0. The number of rotatable bonds is 1. The molecule has 1 aliphatic rings. The predicted octanol–water partition coefficient (Wildman–Crippen LogP) is 0.915. The van der Waals surface area contributed by atoms with Crippen molar-refractivity contribution in [3.8, 4) is 0 Å². The molecule has 0 aromatic carbocycles. The normalized spacial score (nSPS) is 16.1. The number of hydrogen-bond donors (Lipinski definition) is 0. The van der Waals surface area contributed by atoms with E-state index in [9.17, 15) is 14.0 Å². The lowest BCUT2D eigenvalue weighted by Crippen LogP contribution is -2.36. The van der Waals surface area contributed by atoms with Gasteiger partial charge in [0.15, 0.2) is 5.82 Å². The van der Waals surface area contributed by atoms with Gasteiger partial charge in [-0.25, -0.2) is 4.39 Å². The van der Waals surface area contributed by atoms with Gasteiger partial charge >= 0.3 is 0 Å². The molecular weight excluding hydrogens is 249 g/mol. The highest BCUT2D eigenvalue weighted by Gasteiger charge is 2.23. The van der Waals surface area contributed by atoms with Crippen LogP contribution in [0.2, 0.25) is 0 Å². The molecule has 19 heavy (non-hydrogen) atoms. The second-order valence-electron chi connectivity index (χ2n) is 4.51. The number of carbonyl (C=O) groups excluding carboxylic acids is 2. The van der Waals surface area contributed by atoms with E-state index in [1.54, 1.807) is 9.80 Å². The van der Waals surface area contributed by atoms with Crippen molar-refractivity contribution in [2.45, 2.75) is 13.3 Å². The molecule has 0 aliphatic carbocycles. The van der Waals surface area contributed by atoms with E-state index in [0.717, 1.165) is 6.20 Å². The van der Waals surface area contributed by atoms with Gasteiger partial charge in [-0.1, -0.05) is 0 Å². The highest BCUT2D eigenvalue weighted by Crippen LogP contribution is 2.11. The van der Waals surface area contributed by atoms with Crippen molar-refractivity contribution in [3.63, 3.8) is 0 Å². The lowest BCUT2D eigenvalue weighted by atomic mass is 10.2. The molecule has 2 heterocycles. The van der Waals surface area contributed by atoms with Gasteiger partial charge in [0.1, 0.15) is 0 Å². The van der Waals surface area contributed by atoms with E-state index in [2.05, 4.69) is 4.98 Å². The number of nitrogens with zero attached hydrogens (tertiary/aromatic N) is 3. The maximum Gasteiger partial charge on any atom is 0.257 e. The van der Waals surface area contributed by atoms with E-state index < -0.39 is 5.82 Å². The van der Waals surface area contributed by atoms with Crippen LogP contribution in [0, 0.1) is 5.82 Å². The number of hydrogen-bond acceptors (Lipinski definition) is 3. The summed E-state index contributed by atoms with van der Waals surface area (Å²) >= 11 is 0. The average molecular weight is 265 g/mol. The quantitative estimate of drug-likeness (QED) is 0.758. The van der Waals surface area contributed by atoms with Crippen LogP contribution in [0.15, 0.2) is 18.5 Å². The maximum absolute atomic E-state index is 13.5. The second-order valence-corrected chi connectivity index (χ2v) is 4.51. The molecule has 5 nitrogen and oxygen atoms in total. The predicted molar refractivity (Wildman–Crippen MR) is 67.0 cm³/mol. The molecule has 1 fully saturated rings. The van der Waals surface area contributed by atoms with E-state index in [1.165, 1.54) is 19.2 Å². The van der Waals surface area contributed by atoms with Gasteiger partial charge in [0.25, 0.3) is 5.91 Å². The summed E-state index contributed by atoms with van der Waals surface area (Å²) in [5, 5.41) is 0. The third-order valence-corrected chi connectivity index (χ3v) is 3.23. The first-order valence-electron chi connectivity index (χ1n) is 6.24. The molecule has 0 spiro atoms. The number of aromatic nitrogens is 1. The second kappa shape index (κ2) is 5.77. The molecule has 1 aromatic heterocycles. The minimum atomic E-state index is -0.611. The third-order valence-electron chi connectivity index (χ3n) is 3.23. The van der Waals surface area contributed by atoms with E-state index >= 15 is 0 Å². The fraction of sp³-hybridized carbons (Fsp3) is 0.462. The maximum atomic E-state index is 13.5. The van der Waals surface area contributed by atoms with Crippen LogP contribution in [0.3, 0.4) is 0 Å². The number of pyridine rings is 1. The Hall–Kier alpha value is -1.98. The first-order chi connectivity index (χ1) is 9.09. The van der Waals surface area contributed by atoms with Crippen LogP contribution in [0.4, 0.5) is 4.39 Å². The van der Waals surface area contributed by atoms with Crippen LogP contribution in [0.5, 0.6) is 0 Å². The molecule has 0 N–H and O–H groups in total. The van der Waals surface area contributed by atoms with Crippen molar-refractivity contribution in [2.24, 2.45) is 0 Å². The van der Waals surface area contributed by atoms with Crippen molar-refractivity contribution in [1.29, 1.82) is 0 Å². The Balaban J connectivity index is 2.08. The van der Waals surface area contributed by atoms with Crippen LogP contribution in [0.25, 0.3) is 0 Å². The molecule has 0 bridgehead atoms. The Kier molecular flexibility index (Phi) is 4.09. The van der Waals surface area contributed by atoms with Crippen LogP contribution in [-0.2, 0) is 4.79 Å². The van der Waals surface area contributed by atoms with Crippen molar-refractivity contribution in [1.82, 2.24) is 14.8 Å². The molecule has 1 saturated heterocycles. The summed E-state index contributed by atoms with van der Waals surface area (Å²) in [6.07, 6.45) is 3.14. The first-order valence-corrected chi connectivity index (χ1v) is 6.24. The van der Waals surface area contributed by atoms with Gasteiger partial charge in [-0.3, -0.25) is 14.6 Å². The minimum Gasteiger partial charge on any atom is -0.341 e. The molecule has 1 aromatic rings. The Morgan fingerprint density at radius 3 is 2.58 bits per heavy atom. The topological polar surface area (TPSA) is 53.5 Å². The van der Waals surface area contributed by atoms with Crippen molar-refractivity contribution < 1.29 is 14.0 Å². The Morgan fingerprint density at radius 1 is 1.21 bits per heavy atom. The molecular formula is C13H16FN3O2. The number of halogens is 1. The van der Waals surface area contributed by atoms with Crippen LogP contribution < -0.4 is 0 Å². The summed E-state index contributed by atoms with van der Waals surface area (Å²) in [4.78, 5) is 30.4. The molecule has 0 atom stereocenters. The van der Waals surface area contributed by atoms with E-state index in [-0.39, 0.29) is 17.4 Å². The number of amides is 2. The summed E-state index contributed by atoms with van der Waals surface area (Å²) in [5.41, 5.74) is 0.0336. The van der Waals surface area contributed by atoms with Gasteiger partial charge in [-0.15, -0.1) is 0 Å². The standard InChI is InChI=1S/C13H16FN3O2/c1-10(18)16-5-2-6-17(8-7-16)13(19)11-3-4-15-9-12(11)14/h3-4,9H,2,5-8H2,1H3.